The van der Waals surface area contributed by atoms with Crippen LogP contribution in [0.5, 0.6) is 0 Å². The van der Waals surface area contributed by atoms with Crippen molar-refractivity contribution in [1.29, 1.82) is 0 Å². The van der Waals surface area contributed by atoms with E-state index in [0.717, 1.165) is 23.6 Å². The summed E-state index contributed by atoms with van der Waals surface area (Å²) in [5, 5.41) is 29.3. The van der Waals surface area contributed by atoms with Gasteiger partial charge in [0.05, 0.1) is 30.6 Å². The first-order chi connectivity index (χ1) is 12.6. The number of fused-ring (bicyclic) bond motifs is 1. The van der Waals surface area contributed by atoms with E-state index in [1.165, 1.54) is 0 Å². The van der Waals surface area contributed by atoms with Gasteiger partial charge in [0.15, 0.2) is 5.82 Å². The third kappa shape index (κ3) is 3.91. The van der Waals surface area contributed by atoms with E-state index < -0.39 is 0 Å². The summed E-state index contributed by atoms with van der Waals surface area (Å²) in [6.07, 6.45) is 2.57. The molecule has 0 bridgehead atoms. The Bertz CT molecular complexity index is 843. The van der Waals surface area contributed by atoms with Crippen molar-refractivity contribution in [2.24, 2.45) is 0 Å². The predicted octanol–water partition coefficient (Wildman–Crippen LogP) is 2.44. The minimum absolute atomic E-state index is 0.0477. The highest BCUT2D eigenvalue weighted by atomic mass is 16.3. The van der Waals surface area contributed by atoms with Crippen molar-refractivity contribution in [3.8, 4) is 0 Å². The Balaban J connectivity index is 1.96. The van der Waals surface area contributed by atoms with Gasteiger partial charge in [0, 0.05) is 18.2 Å². The van der Waals surface area contributed by atoms with E-state index in [4.69, 9.17) is 0 Å². The molecule has 138 valence electrons. The average molecular weight is 355 g/mol. The standard InChI is InChI=1S/C18H25N7O/c1-4-13(11-26)21-16-9-15(20-10-14-7-5-6-8-19-14)18-23-22-17(12(2)3)25(18)24-16/h5-9,12-13,20,26H,4,10-11H2,1-3H3,(H,21,24). The quantitative estimate of drug-likeness (QED) is 0.570. The van der Waals surface area contributed by atoms with Gasteiger partial charge in [-0.3, -0.25) is 4.98 Å². The summed E-state index contributed by atoms with van der Waals surface area (Å²) in [6, 6.07) is 7.66. The van der Waals surface area contributed by atoms with Crippen molar-refractivity contribution in [2.75, 3.05) is 17.2 Å². The molecule has 0 aromatic carbocycles. The SMILES string of the molecule is CCC(CO)Nc1cc(NCc2ccccn2)c2nnc(C(C)C)n2n1. The first kappa shape index (κ1) is 18.1. The molecular formula is C18H25N7O. The highest BCUT2D eigenvalue weighted by Crippen LogP contribution is 2.23. The number of nitrogens with one attached hydrogen (secondary N) is 2. The molecule has 0 amide bonds. The molecule has 8 heteroatoms. The molecule has 0 spiro atoms. The zero-order valence-electron chi connectivity index (χ0n) is 15.3. The molecule has 3 aromatic heterocycles. The van der Waals surface area contributed by atoms with Crippen LogP contribution in [0, 0.1) is 0 Å². The van der Waals surface area contributed by atoms with Gasteiger partial charge in [-0.1, -0.05) is 26.8 Å². The van der Waals surface area contributed by atoms with Gasteiger partial charge in [0.2, 0.25) is 5.65 Å². The smallest absolute Gasteiger partial charge is 0.201 e. The number of rotatable bonds is 8. The first-order valence-electron chi connectivity index (χ1n) is 8.89. The average Bonchev–Trinajstić information content (AvgIpc) is 3.09. The van der Waals surface area contributed by atoms with Crippen molar-refractivity contribution in [3.63, 3.8) is 0 Å². The van der Waals surface area contributed by atoms with E-state index in [9.17, 15) is 5.11 Å². The Morgan fingerprint density at radius 2 is 2.08 bits per heavy atom. The van der Waals surface area contributed by atoms with Gasteiger partial charge in [-0.05, 0) is 18.6 Å². The number of aliphatic hydroxyl groups excluding tert-OH is 1. The molecule has 0 fully saturated rings. The molecular weight excluding hydrogens is 330 g/mol. The lowest BCUT2D eigenvalue weighted by Crippen LogP contribution is -2.24. The third-order valence-corrected chi connectivity index (χ3v) is 4.16. The maximum Gasteiger partial charge on any atom is 0.201 e. The number of hydrogen-bond donors (Lipinski definition) is 3. The van der Waals surface area contributed by atoms with Crippen molar-refractivity contribution in [1.82, 2.24) is 24.8 Å². The first-order valence-corrected chi connectivity index (χ1v) is 8.89. The fourth-order valence-electron chi connectivity index (χ4n) is 2.63. The Kier molecular flexibility index (Phi) is 5.62. The van der Waals surface area contributed by atoms with Gasteiger partial charge in [0.25, 0.3) is 0 Å². The maximum atomic E-state index is 9.48. The van der Waals surface area contributed by atoms with Crippen LogP contribution in [0.25, 0.3) is 5.65 Å². The summed E-state index contributed by atoms with van der Waals surface area (Å²) < 4.78 is 1.76. The van der Waals surface area contributed by atoms with E-state index in [-0.39, 0.29) is 18.6 Å². The number of aromatic nitrogens is 5. The van der Waals surface area contributed by atoms with Crippen LogP contribution in [0.15, 0.2) is 30.5 Å². The minimum atomic E-state index is -0.0532. The minimum Gasteiger partial charge on any atom is -0.394 e. The van der Waals surface area contributed by atoms with Gasteiger partial charge >= 0.3 is 0 Å². The molecule has 26 heavy (non-hydrogen) atoms. The molecule has 0 aliphatic carbocycles. The molecule has 0 aliphatic rings. The Morgan fingerprint density at radius 3 is 2.73 bits per heavy atom. The van der Waals surface area contributed by atoms with Crippen molar-refractivity contribution in [2.45, 2.75) is 45.7 Å². The molecule has 3 rings (SSSR count). The van der Waals surface area contributed by atoms with Crippen LogP contribution >= 0.6 is 0 Å². The van der Waals surface area contributed by atoms with E-state index in [2.05, 4.69) is 44.8 Å². The summed E-state index contributed by atoms with van der Waals surface area (Å²) in [6.45, 7) is 6.75. The Labute approximate surface area is 152 Å². The molecule has 8 nitrogen and oxygen atoms in total. The monoisotopic (exact) mass is 355 g/mol. The second-order valence-electron chi connectivity index (χ2n) is 6.50. The van der Waals surface area contributed by atoms with Gasteiger partial charge in [0.1, 0.15) is 5.82 Å². The van der Waals surface area contributed by atoms with Gasteiger partial charge < -0.3 is 15.7 Å². The van der Waals surface area contributed by atoms with E-state index in [1.807, 2.05) is 31.2 Å². The highest BCUT2D eigenvalue weighted by molar-refractivity contribution is 5.70. The molecule has 0 radical (unpaired) electrons. The number of hydrogen-bond acceptors (Lipinski definition) is 7. The molecule has 3 heterocycles. The van der Waals surface area contributed by atoms with Crippen LogP contribution < -0.4 is 10.6 Å². The Hall–Kier alpha value is -2.74. The largest absolute Gasteiger partial charge is 0.394 e. The van der Waals surface area contributed by atoms with E-state index in [0.29, 0.717) is 18.0 Å². The topological polar surface area (TPSA) is 100 Å². The van der Waals surface area contributed by atoms with E-state index >= 15 is 0 Å². The lowest BCUT2D eigenvalue weighted by Gasteiger charge is -2.16. The van der Waals surface area contributed by atoms with Crippen LogP contribution in [0.4, 0.5) is 11.5 Å². The summed E-state index contributed by atoms with van der Waals surface area (Å²) in [7, 11) is 0. The molecule has 1 unspecified atom stereocenters. The number of anilines is 2. The fourth-order valence-corrected chi connectivity index (χ4v) is 2.63. The highest BCUT2D eigenvalue weighted by Gasteiger charge is 2.16. The lowest BCUT2D eigenvalue weighted by molar-refractivity contribution is 0.271. The van der Waals surface area contributed by atoms with Crippen LogP contribution in [0.2, 0.25) is 0 Å². The van der Waals surface area contributed by atoms with Crippen LogP contribution in [0.3, 0.4) is 0 Å². The molecule has 3 aromatic rings. The molecule has 0 saturated carbocycles. The number of pyridine rings is 1. The number of nitrogens with zero attached hydrogens (tertiary/aromatic N) is 5. The second kappa shape index (κ2) is 8.09. The van der Waals surface area contributed by atoms with E-state index in [1.54, 1.807) is 10.7 Å². The summed E-state index contributed by atoms with van der Waals surface area (Å²) in [4.78, 5) is 4.34. The van der Waals surface area contributed by atoms with Crippen LogP contribution in [-0.4, -0.2) is 42.6 Å². The van der Waals surface area contributed by atoms with Crippen molar-refractivity contribution < 1.29 is 5.11 Å². The second-order valence-corrected chi connectivity index (χ2v) is 6.50. The third-order valence-electron chi connectivity index (χ3n) is 4.16. The zero-order chi connectivity index (χ0) is 18.5. The molecule has 0 aliphatic heterocycles. The summed E-state index contributed by atoms with van der Waals surface area (Å²) >= 11 is 0. The zero-order valence-corrected chi connectivity index (χ0v) is 15.3. The molecule has 3 N–H and O–H groups in total. The van der Waals surface area contributed by atoms with Gasteiger partial charge in [-0.25, -0.2) is 0 Å². The lowest BCUT2D eigenvalue weighted by atomic mass is 10.2. The predicted molar refractivity (Wildman–Crippen MR) is 101 cm³/mol. The van der Waals surface area contributed by atoms with Crippen molar-refractivity contribution >= 4 is 17.2 Å². The summed E-state index contributed by atoms with van der Waals surface area (Å²) in [5.41, 5.74) is 2.43. The maximum absolute atomic E-state index is 9.48. The normalized spacial score (nSPS) is 12.5. The fraction of sp³-hybridized carbons (Fsp3) is 0.444. The van der Waals surface area contributed by atoms with Gasteiger partial charge in [-0.2, -0.15) is 4.52 Å². The van der Waals surface area contributed by atoms with Gasteiger partial charge in [-0.15, -0.1) is 15.3 Å². The van der Waals surface area contributed by atoms with Crippen molar-refractivity contribution in [3.05, 3.63) is 42.0 Å². The summed E-state index contributed by atoms with van der Waals surface area (Å²) in [5.74, 6) is 1.65. The molecule has 1 atom stereocenters. The number of aliphatic hydroxyl groups is 1. The van der Waals surface area contributed by atoms with Crippen LogP contribution in [0.1, 0.15) is 44.6 Å². The van der Waals surface area contributed by atoms with Crippen LogP contribution in [-0.2, 0) is 6.54 Å². The Morgan fingerprint density at radius 1 is 1.23 bits per heavy atom. The molecule has 0 saturated heterocycles.